The van der Waals surface area contributed by atoms with Crippen molar-refractivity contribution in [2.24, 2.45) is 0 Å². The van der Waals surface area contributed by atoms with E-state index >= 15 is 0 Å². The lowest BCUT2D eigenvalue weighted by atomic mass is 9.84. The number of amides is 1. The molecule has 1 saturated carbocycles. The number of thiazole rings is 1. The third-order valence-electron chi connectivity index (χ3n) is 7.36. The van der Waals surface area contributed by atoms with Gasteiger partial charge in [0.25, 0.3) is 5.91 Å². The lowest BCUT2D eigenvalue weighted by molar-refractivity contribution is 0.0697. The molecule has 1 amide bonds. The van der Waals surface area contributed by atoms with Gasteiger partial charge in [-0.3, -0.25) is 4.79 Å². The van der Waals surface area contributed by atoms with Crippen molar-refractivity contribution in [2.45, 2.75) is 57.9 Å². The molecule has 40 heavy (non-hydrogen) atoms. The summed E-state index contributed by atoms with van der Waals surface area (Å²) in [5.74, 6) is -0.567. The van der Waals surface area contributed by atoms with Crippen LogP contribution in [0.5, 0.6) is 0 Å². The van der Waals surface area contributed by atoms with Crippen molar-refractivity contribution in [2.75, 3.05) is 10.2 Å². The van der Waals surface area contributed by atoms with Crippen molar-refractivity contribution in [1.29, 1.82) is 0 Å². The van der Waals surface area contributed by atoms with Crippen molar-refractivity contribution in [3.8, 4) is 11.3 Å². The average molecular weight is 574 g/mol. The Morgan fingerprint density at radius 1 is 1.00 bits per heavy atom. The van der Waals surface area contributed by atoms with E-state index in [1.54, 1.807) is 12.1 Å². The number of nitrogens with zero attached hydrogens (tertiary/aromatic N) is 2. The highest BCUT2D eigenvalue weighted by atomic mass is 35.5. The van der Waals surface area contributed by atoms with Crippen LogP contribution in [0.3, 0.4) is 0 Å². The highest BCUT2D eigenvalue weighted by molar-refractivity contribution is 7.14. The Bertz CT molecular complexity index is 1490. The Kier molecular flexibility index (Phi) is 8.52. The molecule has 1 aliphatic rings. The molecule has 0 bridgehead atoms. The van der Waals surface area contributed by atoms with Gasteiger partial charge in [-0.25, -0.2) is 9.78 Å². The van der Waals surface area contributed by atoms with E-state index in [4.69, 9.17) is 16.6 Å². The average Bonchev–Trinajstić information content (AvgIpc) is 3.43. The van der Waals surface area contributed by atoms with E-state index in [1.807, 2.05) is 60.5 Å². The summed E-state index contributed by atoms with van der Waals surface area (Å²) < 4.78 is 0. The van der Waals surface area contributed by atoms with Gasteiger partial charge >= 0.3 is 5.97 Å². The molecule has 0 spiro atoms. The number of halogens is 1. The summed E-state index contributed by atoms with van der Waals surface area (Å²) in [6.07, 6.45) is 6.39. The second-order valence-electron chi connectivity index (χ2n) is 10.4. The first-order chi connectivity index (χ1) is 19.3. The van der Waals surface area contributed by atoms with Gasteiger partial charge in [-0.15, -0.1) is 11.3 Å². The Balaban J connectivity index is 1.27. The molecule has 5 rings (SSSR count). The van der Waals surface area contributed by atoms with Crippen LogP contribution in [0.15, 0.2) is 72.1 Å². The molecule has 6 nitrogen and oxygen atoms in total. The first-order valence-corrected chi connectivity index (χ1v) is 14.9. The summed E-state index contributed by atoms with van der Waals surface area (Å²) in [7, 11) is 0. The SMILES string of the molecule is CC(C)N(c1ccc(C(=O)O)c(Cl)c1)c1nc(-c2ccc(NC(=O)c3ccc(C4CCCCC4)cc3)cc2)cs1. The number of benzene rings is 3. The highest BCUT2D eigenvalue weighted by Gasteiger charge is 2.20. The van der Waals surface area contributed by atoms with Crippen LogP contribution in [0.2, 0.25) is 5.02 Å². The van der Waals surface area contributed by atoms with Gasteiger partial charge in [-0.2, -0.15) is 0 Å². The van der Waals surface area contributed by atoms with Gasteiger partial charge in [0.05, 0.1) is 16.3 Å². The third kappa shape index (κ3) is 6.21. The molecule has 0 aliphatic heterocycles. The number of carboxylic acid groups (broad SMARTS) is 1. The van der Waals surface area contributed by atoms with Crippen LogP contribution in [-0.2, 0) is 0 Å². The van der Waals surface area contributed by atoms with Gasteiger partial charge in [-0.1, -0.05) is 55.1 Å². The van der Waals surface area contributed by atoms with Gasteiger partial charge in [0.15, 0.2) is 5.13 Å². The van der Waals surface area contributed by atoms with Crippen molar-refractivity contribution >= 4 is 51.3 Å². The number of nitrogens with one attached hydrogen (secondary N) is 1. The molecule has 1 aromatic heterocycles. The Hall–Kier alpha value is -3.68. The second kappa shape index (κ2) is 12.2. The monoisotopic (exact) mass is 573 g/mol. The zero-order valence-corrected chi connectivity index (χ0v) is 24.1. The molecular weight excluding hydrogens is 542 g/mol. The third-order valence-corrected chi connectivity index (χ3v) is 8.52. The van der Waals surface area contributed by atoms with Crippen LogP contribution in [0, 0.1) is 0 Å². The molecule has 0 atom stereocenters. The minimum absolute atomic E-state index is 0.0672. The molecule has 1 aliphatic carbocycles. The first kappa shape index (κ1) is 27.9. The highest BCUT2D eigenvalue weighted by Crippen LogP contribution is 2.36. The van der Waals surface area contributed by atoms with E-state index in [1.165, 1.54) is 55.1 Å². The Morgan fingerprint density at radius 2 is 1.70 bits per heavy atom. The van der Waals surface area contributed by atoms with Gasteiger partial charge in [-0.05, 0) is 80.6 Å². The van der Waals surface area contributed by atoms with Crippen LogP contribution in [-0.4, -0.2) is 28.0 Å². The summed E-state index contributed by atoms with van der Waals surface area (Å²) in [5, 5.41) is 15.2. The van der Waals surface area contributed by atoms with E-state index in [0.29, 0.717) is 11.5 Å². The van der Waals surface area contributed by atoms with Crippen molar-refractivity contribution in [3.05, 3.63) is 93.8 Å². The molecule has 0 saturated heterocycles. The molecule has 4 aromatic rings. The number of carbonyl (C=O) groups is 2. The van der Waals surface area contributed by atoms with Crippen LogP contribution >= 0.6 is 22.9 Å². The minimum Gasteiger partial charge on any atom is -0.478 e. The summed E-state index contributed by atoms with van der Waals surface area (Å²) in [6.45, 7) is 4.09. The predicted octanol–water partition coefficient (Wildman–Crippen LogP) is 9.01. The zero-order chi connectivity index (χ0) is 28.2. The molecule has 8 heteroatoms. The van der Waals surface area contributed by atoms with Gasteiger partial charge < -0.3 is 15.3 Å². The lowest BCUT2D eigenvalue weighted by Crippen LogP contribution is -2.25. The molecule has 206 valence electrons. The fraction of sp³-hybridized carbons (Fsp3) is 0.281. The van der Waals surface area contributed by atoms with Gasteiger partial charge in [0.1, 0.15) is 0 Å². The smallest absolute Gasteiger partial charge is 0.337 e. The lowest BCUT2D eigenvalue weighted by Gasteiger charge is -2.26. The maximum Gasteiger partial charge on any atom is 0.337 e. The van der Waals surface area contributed by atoms with E-state index < -0.39 is 5.97 Å². The number of aromatic nitrogens is 1. The topological polar surface area (TPSA) is 82.5 Å². The van der Waals surface area contributed by atoms with Crippen LogP contribution in [0.4, 0.5) is 16.5 Å². The largest absolute Gasteiger partial charge is 0.478 e. The van der Waals surface area contributed by atoms with E-state index in [-0.39, 0.29) is 22.5 Å². The molecule has 1 heterocycles. The molecule has 1 fully saturated rings. The molecule has 2 N–H and O–H groups in total. The van der Waals surface area contributed by atoms with Gasteiger partial charge in [0, 0.05) is 33.9 Å². The number of anilines is 3. The predicted molar refractivity (Wildman–Crippen MR) is 163 cm³/mol. The fourth-order valence-electron chi connectivity index (χ4n) is 5.23. The Morgan fingerprint density at radius 3 is 2.33 bits per heavy atom. The number of hydrogen-bond acceptors (Lipinski definition) is 5. The van der Waals surface area contributed by atoms with Crippen molar-refractivity contribution in [3.63, 3.8) is 0 Å². The van der Waals surface area contributed by atoms with Crippen LogP contribution in [0.25, 0.3) is 11.3 Å². The summed E-state index contributed by atoms with van der Waals surface area (Å²) >= 11 is 7.74. The van der Waals surface area contributed by atoms with Gasteiger partial charge in [0.2, 0.25) is 0 Å². The normalized spacial score (nSPS) is 13.8. The molecular formula is C32H32ClN3O3S. The van der Waals surface area contributed by atoms with E-state index in [9.17, 15) is 14.7 Å². The van der Waals surface area contributed by atoms with Crippen LogP contribution < -0.4 is 10.2 Å². The van der Waals surface area contributed by atoms with E-state index in [2.05, 4.69) is 17.4 Å². The van der Waals surface area contributed by atoms with E-state index in [0.717, 1.165) is 27.8 Å². The van der Waals surface area contributed by atoms with Crippen LogP contribution in [0.1, 0.15) is 78.1 Å². The number of hydrogen-bond donors (Lipinski definition) is 2. The summed E-state index contributed by atoms with van der Waals surface area (Å²) in [5.41, 5.74) is 5.29. The van der Waals surface area contributed by atoms with Crippen molar-refractivity contribution in [1.82, 2.24) is 4.98 Å². The Labute approximate surface area is 243 Å². The minimum atomic E-state index is -1.06. The molecule has 3 aromatic carbocycles. The van der Waals surface area contributed by atoms with Crippen molar-refractivity contribution < 1.29 is 14.7 Å². The molecule has 0 radical (unpaired) electrons. The first-order valence-electron chi connectivity index (χ1n) is 13.6. The zero-order valence-electron chi connectivity index (χ0n) is 22.6. The quantitative estimate of drug-likeness (QED) is 0.220. The number of rotatable bonds is 8. The maximum atomic E-state index is 12.8. The fourth-order valence-corrected chi connectivity index (χ4v) is 6.48. The summed E-state index contributed by atoms with van der Waals surface area (Å²) in [4.78, 5) is 31.1. The standard InChI is InChI=1S/C32H32ClN3O3S/c1-20(2)36(26-16-17-27(31(38)39)28(33)18-26)32-35-29(19-40-32)23-12-14-25(15-13-23)34-30(37)24-10-8-22(9-11-24)21-6-4-3-5-7-21/h8-21H,3-7H2,1-2H3,(H,34,37)(H,38,39). The summed E-state index contributed by atoms with van der Waals surface area (Å²) in [6, 6.07) is 20.7. The number of carbonyl (C=O) groups excluding carboxylic acids is 1. The second-order valence-corrected chi connectivity index (χ2v) is 11.7. The number of carboxylic acids is 1. The molecule has 0 unspecified atom stereocenters. The maximum absolute atomic E-state index is 12.8. The number of aromatic carboxylic acids is 1.